The number of aromatic nitrogens is 4. The van der Waals surface area contributed by atoms with Gasteiger partial charge in [-0.15, -0.1) is 5.10 Å². The first-order valence-corrected chi connectivity index (χ1v) is 11.7. The zero-order valence-corrected chi connectivity index (χ0v) is 21.4. The number of nitrogens with zero attached hydrogens (tertiary/aromatic N) is 4. The summed E-state index contributed by atoms with van der Waals surface area (Å²) in [5, 5.41) is 15.2. The molecule has 0 saturated carbocycles. The highest BCUT2D eigenvalue weighted by atomic mass is 19.1. The molecule has 13 heteroatoms. The first kappa shape index (κ1) is 26.9. The lowest BCUT2D eigenvalue weighted by Gasteiger charge is -2.21. The van der Waals surface area contributed by atoms with Crippen LogP contribution < -0.4 is 26.2 Å². The third-order valence-electron chi connectivity index (χ3n) is 5.72. The highest BCUT2D eigenvalue weighted by molar-refractivity contribution is 5.95. The maximum atomic E-state index is 16.0. The Hall–Kier alpha value is -5.20. The van der Waals surface area contributed by atoms with E-state index in [4.69, 9.17) is 20.6 Å². The number of nitrogens with one attached hydrogen (secondary N) is 3. The molecule has 2 aromatic carbocycles. The number of amidine groups is 1. The average molecular weight is 535 g/mol. The van der Waals surface area contributed by atoms with Crippen LogP contribution in [0, 0.1) is 11.2 Å². The molecule has 1 atom stereocenters. The molecule has 5 N–H and O–H groups in total. The van der Waals surface area contributed by atoms with E-state index >= 15 is 4.39 Å². The van der Waals surface area contributed by atoms with E-state index < -0.39 is 24.2 Å². The number of H-pyrrole nitrogens is 1. The zero-order valence-electron chi connectivity index (χ0n) is 21.4. The summed E-state index contributed by atoms with van der Waals surface area (Å²) in [5.41, 5.74) is 6.02. The van der Waals surface area contributed by atoms with E-state index in [2.05, 4.69) is 20.4 Å². The molecular formula is C26H27FN8O4. The number of carbonyl (C=O) groups is 1. The minimum absolute atomic E-state index is 0.0271. The van der Waals surface area contributed by atoms with Crippen molar-refractivity contribution in [3.8, 4) is 17.3 Å². The molecule has 0 aliphatic rings. The van der Waals surface area contributed by atoms with Crippen LogP contribution in [0.2, 0.25) is 0 Å². The number of aromatic amines is 1. The maximum Gasteiger partial charge on any atom is 0.349 e. The van der Waals surface area contributed by atoms with Crippen LogP contribution in [0.25, 0.3) is 5.82 Å². The Morgan fingerprint density at radius 2 is 1.97 bits per heavy atom. The third kappa shape index (κ3) is 6.04. The number of hydrogen-bond acceptors (Lipinski definition) is 8. The van der Waals surface area contributed by atoms with Gasteiger partial charge in [0.15, 0.2) is 29.8 Å². The quantitative estimate of drug-likeness (QED) is 0.177. The van der Waals surface area contributed by atoms with E-state index in [1.807, 2.05) is 0 Å². The van der Waals surface area contributed by atoms with Crippen molar-refractivity contribution in [3.05, 3.63) is 94.0 Å². The van der Waals surface area contributed by atoms with Crippen molar-refractivity contribution in [1.29, 1.82) is 5.41 Å². The fraction of sp³-hybridized carbons (Fsp3) is 0.192. The topological polar surface area (TPSA) is 164 Å². The maximum absolute atomic E-state index is 16.0. The number of nitrogen functional groups attached to an aromatic ring is 1. The zero-order chi connectivity index (χ0) is 28.1. The van der Waals surface area contributed by atoms with Gasteiger partial charge in [0.1, 0.15) is 17.6 Å². The number of benzene rings is 2. The smallest absolute Gasteiger partial charge is 0.349 e. The van der Waals surface area contributed by atoms with Crippen LogP contribution in [-0.2, 0) is 4.79 Å². The Morgan fingerprint density at radius 1 is 1.23 bits per heavy atom. The summed E-state index contributed by atoms with van der Waals surface area (Å²) in [5.74, 6) is -0.875. The number of amides is 1. The van der Waals surface area contributed by atoms with E-state index in [0.717, 1.165) is 4.68 Å². The third-order valence-corrected chi connectivity index (χ3v) is 5.72. The van der Waals surface area contributed by atoms with Gasteiger partial charge < -0.3 is 25.4 Å². The number of ether oxygens (including phenoxy) is 2. The number of methoxy groups -OCH3 is 1. The molecule has 0 fully saturated rings. The lowest BCUT2D eigenvalue weighted by molar-refractivity contribution is -0.130. The average Bonchev–Trinajstić information content (AvgIpc) is 3.32. The van der Waals surface area contributed by atoms with Gasteiger partial charge in [-0.1, -0.05) is 6.07 Å². The summed E-state index contributed by atoms with van der Waals surface area (Å²) in [7, 11) is 4.53. The number of carbonyl (C=O) groups excluding carboxylic acids is 1. The second-order valence-corrected chi connectivity index (χ2v) is 8.59. The van der Waals surface area contributed by atoms with Gasteiger partial charge >= 0.3 is 5.69 Å². The van der Waals surface area contributed by atoms with Crippen LogP contribution >= 0.6 is 0 Å². The van der Waals surface area contributed by atoms with Crippen molar-refractivity contribution in [2.24, 2.45) is 5.73 Å². The molecule has 12 nitrogen and oxygen atoms in total. The highest BCUT2D eigenvalue weighted by Gasteiger charge is 2.27. The number of hydrogen-bond donors (Lipinski definition) is 4. The lowest BCUT2D eigenvalue weighted by Crippen LogP contribution is -2.27. The van der Waals surface area contributed by atoms with Gasteiger partial charge in [0.2, 0.25) is 0 Å². The molecule has 0 bridgehead atoms. The molecule has 4 aromatic rings. The van der Waals surface area contributed by atoms with Crippen LogP contribution in [0.15, 0.2) is 65.6 Å². The fourth-order valence-electron chi connectivity index (χ4n) is 3.61. The molecule has 0 saturated heterocycles. The van der Waals surface area contributed by atoms with Gasteiger partial charge in [-0.2, -0.15) is 4.68 Å². The largest absolute Gasteiger partial charge is 0.497 e. The Morgan fingerprint density at radius 3 is 2.59 bits per heavy atom. The van der Waals surface area contributed by atoms with Crippen molar-refractivity contribution in [2.45, 2.75) is 6.04 Å². The molecule has 0 aliphatic heterocycles. The van der Waals surface area contributed by atoms with Gasteiger partial charge in [0.25, 0.3) is 5.91 Å². The van der Waals surface area contributed by atoms with Crippen LogP contribution in [0.5, 0.6) is 11.5 Å². The number of nitrogens with two attached hydrogens (primary N) is 1. The second-order valence-electron chi connectivity index (χ2n) is 8.59. The normalized spacial score (nSPS) is 11.5. The Balaban J connectivity index is 1.82. The molecule has 1 unspecified atom stereocenters. The Kier molecular flexibility index (Phi) is 7.89. The molecule has 39 heavy (non-hydrogen) atoms. The summed E-state index contributed by atoms with van der Waals surface area (Å²) in [6.45, 7) is -0.397. The molecule has 2 aromatic heterocycles. The SMILES string of the molecule is COc1cc(OCC(=O)N(C)C)c(F)c(C(Nc2ccc(C(=N)N)cc2)c2nn(-c3ccccn3)c(=O)[nH]2)c1. The summed E-state index contributed by atoms with van der Waals surface area (Å²) in [6.07, 6.45) is 1.52. The molecule has 202 valence electrons. The minimum atomic E-state index is -1.05. The summed E-state index contributed by atoms with van der Waals surface area (Å²) < 4.78 is 27.9. The van der Waals surface area contributed by atoms with E-state index in [0.29, 0.717) is 11.3 Å². The fourth-order valence-corrected chi connectivity index (χ4v) is 3.61. The Labute approximate surface area is 222 Å². The first-order valence-electron chi connectivity index (χ1n) is 11.7. The van der Waals surface area contributed by atoms with E-state index in [1.165, 1.54) is 30.3 Å². The molecule has 0 spiro atoms. The van der Waals surface area contributed by atoms with Gasteiger partial charge in [-0.3, -0.25) is 15.2 Å². The first-order chi connectivity index (χ1) is 18.7. The van der Waals surface area contributed by atoms with Gasteiger partial charge in [0, 0.05) is 43.2 Å². The van der Waals surface area contributed by atoms with Crippen molar-refractivity contribution >= 4 is 17.4 Å². The molecule has 4 rings (SSSR count). The number of likely N-dealkylation sites (N-methyl/N-ethyl adjacent to an activating group) is 1. The van der Waals surface area contributed by atoms with E-state index in [1.54, 1.807) is 56.6 Å². The summed E-state index contributed by atoms with van der Waals surface area (Å²) in [4.78, 5) is 33.0. The van der Waals surface area contributed by atoms with Crippen molar-refractivity contribution < 1.29 is 18.7 Å². The monoisotopic (exact) mass is 534 g/mol. The standard InChI is InChI=1S/C26H27FN8O4/c1-34(2)21(36)14-39-19-13-17(38-3)12-18(22(19)27)23(31-16-9-7-15(8-10-16)24(28)29)25-32-26(37)35(33-25)20-6-4-5-11-30-20/h4-13,23,31H,14H2,1-3H3,(H3,28,29)(H,32,33,37). The summed E-state index contributed by atoms with van der Waals surface area (Å²) in [6, 6.07) is 13.3. The van der Waals surface area contributed by atoms with Crippen LogP contribution in [0.4, 0.5) is 10.1 Å². The predicted octanol–water partition coefficient (Wildman–Crippen LogP) is 2.06. The molecular weight excluding hydrogens is 507 g/mol. The Bertz CT molecular complexity index is 1530. The molecule has 1 amide bonds. The number of pyridine rings is 1. The van der Waals surface area contributed by atoms with E-state index in [9.17, 15) is 9.59 Å². The van der Waals surface area contributed by atoms with Crippen molar-refractivity contribution in [1.82, 2.24) is 24.6 Å². The predicted molar refractivity (Wildman–Crippen MR) is 142 cm³/mol. The highest BCUT2D eigenvalue weighted by Crippen LogP contribution is 2.35. The number of rotatable bonds is 10. The van der Waals surface area contributed by atoms with Gasteiger partial charge in [-0.05, 0) is 42.5 Å². The number of anilines is 1. The molecule has 2 heterocycles. The van der Waals surface area contributed by atoms with Crippen LogP contribution in [0.1, 0.15) is 23.0 Å². The lowest BCUT2D eigenvalue weighted by atomic mass is 10.0. The summed E-state index contributed by atoms with van der Waals surface area (Å²) >= 11 is 0. The molecule has 0 radical (unpaired) electrons. The van der Waals surface area contributed by atoms with Crippen molar-refractivity contribution in [3.63, 3.8) is 0 Å². The van der Waals surface area contributed by atoms with Crippen LogP contribution in [0.3, 0.4) is 0 Å². The van der Waals surface area contributed by atoms with Crippen LogP contribution in [-0.4, -0.2) is 64.2 Å². The van der Waals surface area contributed by atoms with Gasteiger partial charge in [0.05, 0.1) is 7.11 Å². The molecule has 0 aliphatic carbocycles. The minimum Gasteiger partial charge on any atom is -0.497 e. The van der Waals surface area contributed by atoms with Gasteiger partial charge in [-0.25, -0.2) is 14.2 Å². The van der Waals surface area contributed by atoms with E-state index in [-0.39, 0.29) is 40.4 Å². The second kappa shape index (κ2) is 11.5. The number of halogens is 1. The van der Waals surface area contributed by atoms with Crippen molar-refractivity contribution in [2.75, 3.05) is 33.1 Å².